The van der Waals surface area contributed by atoms with Crippen molar-refractivity contribution >= 4 is 5.97 Å². The van der Waals surface area contributed by atoms with Crippen LogP contribution in [0.15, 0.2) is 24.3 Å². The summed E-state index contributed by atoms with van der Waals surface area (Å²) >= 11 is 0. The van der Waals surface area contributed by atoms with Gasteiger partial charge < -0.3 is 10.0 Å². The minimum Gasteiger partial charge on any atom is -0.478 e. The van der Waals surface area contributed by atoms with E-state index in [2.05, 4.69) is 23.8 Å². The summed E-state index contributed by atoms with van der Waals surface area (Å²) in [6.45, 7) is 7.19. The molecule has 4 nitrogen and oxygen atoms in total. The third-order valence-electron chi connectivity index (χ3n) is 4.09. The van der Waals surface area contributed by atoms with Crippen LogP contribution in [0.1, 0.15) is 29.3 Å². The van der Waals surface area contributed by atoms with Gasteiger partial charge in [0.2, 0.25) is 0 Å². The van der Waals surface area contributed by atoms with E-state index < -0.39 is 5.97 Å². The summed E-state index contributed by atoms with van der Waals surface area (Å²) in [4.78, 5) is 16.0. The second kappa shape index (κ2) is 6.86. The number of benzene rings is 1. The van der Waals surface area contributed by atoms with Crippen molar-refractivity contribution in [3.8, 4) is 0 Å². The van der Waals surface area contributed by atoms with Crippen molar-refractivity contribution < 1.29 is 9.90 Å². The molecule has 4 heteroatoms. The van der Waals surface area contributed by atoms with E-state index in [1.807, 2.05) is 12.1 Å². The molecule has 0 spiro atoms. The van der Waals surface area contributed by atoms with Gasteiger partial charge in [-0.05, 0) is 44.1 Å². The van der Waals surface area contributed by atoms with Crippen molar-refractivity contribution in [1.29, 1.82) is 0 Å². The number of rotatable bonds is 6. The Kier molecular flexibility index (Phi) is 5.15. The Morgan fingerprint density at radius 1 is 1.45 bits per heavy atom. The Balaban J connectivity index is 2.01. The molecule has 0 bridgehead atoms. The smallest absolute Gasteiger partial charge is 0.336 e. The maximum Gasteiger partial charge on any atom is 0.336 e. The summed E-state index contributed by atoms with van der Waals surface area (Å²) < 4.78 is 0. The topological polar surface area (TPSA) is 43.8 Å². The lowest BCUT2D eigenvalue weighted by Gasteiger charge is -2.24. The van der Waals surface area contributed by atoms with Gasteiger partial charge in [-0.25, -0.2) is 4.79 Å². The highest BCUT2D eigenvalue weighted by atomic mass is 16.4. The average Bonchev–Trinajstić information content (AvgIpc) is 2.83. The Bertz CT molecular complexity index is 462. The molecule has 1 atom stereocenters. The fourth-order valence-corrected chi connectivity index (χ4v) is 2.95. The zero-order valence-electron chi connectivity index (χ0n) is 12.4. The molecule has 2 rings (SSSR count). The first-order valence-electron chi connectivity index (χ1n) is 7.32. The van der Waals surface area contributed by atoms with Gasteiger partial charge in [0.05, 0.1) is 5.56 Å². The monoisotopic (exact) mass is 276 g/mol. The quantitative estimate of drug-likeness (QED) is 0.864. The van der Waals surface area contributed by atoms with Crippen LogP contribution in [-0.2, 0) is 6.54 Å². The standard InChI is InChI=1S/C16H24N2O2/c1-3-18(11-13-8-9-17(2)10-13)12-14-6-4-5-7-15(14)16(19)20/h4-7,13H,3,8-12H2,1-2H3,(H,19,20). The molecule has 1 saturated heterocycles. The Labute approximate surface area is 121 Å². The largest absolute Gasteiger partial charge is 0.478 e. The van der Waals surface area contributed by atoms with Crippen LogP contribution in [0.3, 0.4) is 0 Å². The van der Waals surface area contributed by atoms with E-state index in [9.17, 15) is 9.90 Å². The second-order valence-electron chi connectivity index (χ2n) is 5.71. The molecule has 20 heavy (non-hydrogen) atoms. The Morgan fingerprint density at radius 3 is 2.80 bits per heavy atom. The van der Waals surface area contributed by atoms with Gasteiger partial charge in [0, 0.05) is 19.6 Å². The Hall–Kier alpha value is -1.39. The molecule has 0 aliphatic carbocycles. The van der Waals surface area contributed by atoms with E-state index in [1.54, 1.807) is 12.1 Å². The highest BCUT2D eigenvalue weighted by Gasteiger charge is 2.22. The molecule has 0 aromatic heterocycles. The second-order valence-corrected chi connectivity index (χ2v) is 5.71. The number of carboxylic acids is 1. The highest BCUT2D eigenvalue weighted by molar-refractivity contribution is 5.89. The summed E-state index contributed by atoms with van der Waals surface area (Å²) in [6, 6.07) is 7.32. The van der Waals surface area contributed by atoms with Gasteiger partial charge in [0.25, 0.3) is 0 Å². The molecular weight excluding hydrogens is 252 g/mol. The number of nitrogens with zero attached hydrogens (tertiary/aromatic N) is 2. The van der Waals surface area contributed by atoms with Gasteiger partial charge in [-0.3, -0.25) is 4.90 Å². The molecule has 0 amide bonds. The summed E-state index contributed by atoms with van der Waals surface area (Å²) in [5, 5.41) is 9.25. The molecule has 1 unspecified atom stereocenters. The lowest BCUT2D eigenvalue weighted by Crippen LogP contribution is -2.30. The van der Waals surface area contributed by atoms with Gasteiger partial charge in [-0.2, -0.15) is 0 Å². The van der Waals surface area contributed by atoms with Crippen molar-refractivity contribution in [1.82, 2.24) is 9.80 Å². The first-order valence-corrected chi connectivity index (χ1v) is 7.32. The van der Waals surface area contributed by atoms with Crippen LogP contribution in [0.5, 0.6) is 0 Å². The predicted octanol–water partition coefficient (Wildman–Crippen LogP) is 2.16. The van der Waals surface area contributed by atoms with Crippen LogP contribution in [-0.4, -0.2) is 54.1 Å². The summed E-state index contributed by atoms with van der Waals surface area (Å²) in [5.74, 6) is -0.130. The number of aromatic carboxylic acids is 1. The number of likely N-dealkylation sites (tertiary alicyclic amines) is 1. The number of hydrogen-bond acceptors (Lipinski definition) is 3. The fourth-order valence-electron chi connectivity index (χ4n) is 2.95. The zero-order valence-corrected chi connectivity index (χ0v) is 12.4. The van der Waals surface area contributed by atoms with Crippen LogP contribution in [0.25, 0.3) is 0 Å². The first kappa shape index (κ1) is 15.0. The maximum atomic E-state index is 11.3. The molecule has 1 aromatic rings. The summed E-state index contributed by atoms with van der Waals surface area (Å²) in [5.41, 5.74) is 1.34. The van der Waals surface area contributed by atoms with Crippen LogP contribution in [0.4, 0.5) is 0 Å². The lowest BCUT2D eigenvalue weighted by atomic mass is 10.1. The predicted molar refractivity (Wildman–Crippen MR) is 80.0 cm³/mol. The van der Waals surface area contributed by atoms with Crippen LogP contribution in [0.2, 0.25) is 0 Å². The molecular formula is C16H24N2O2. The van der Waals surface area contributed by atoms with Gasteiger partial charge in [-0.15, -0.1) is 0 Å². The van der Waals surface area contributed by atoms with Crippen LogP contribution in [0, 0.1) is 5.92 Å². The van der Waals surface area contributed by atoms with Gasteiger partial charge in [0.1, 0.15) is 0 Å². The van der Waals surface area contributed by atoms with Crippen LogP contribution < -0.4 is 0 Å². The van der Waals surface area contributed by atoms with Gasteiger partial charge in [-0.1, -0.05) is 25.1 Å². The molecule has 0 saturated carbocycles. The minimum atomic E-state index is -0.836. The summed E-state index contributed by atoms with van der Waals surface area (Å²) in [7, 11) is 2.16. The van der Waals surface area contributed by atoms with Gasteiger partial charge >= 0.3 is 5.97 Å². The van der Waals surface area contributed by atoms with E-state index in [-0.39, 0.29) is 0 Å². The first-order chi connectivity index (χ1) is 9.60. The third kappa shape index (κ3) is 3.81. The van der Waals surface area contributed by atoms with E-state index >= 15 is 0 Å². The number of carboxylic acid groups (broad SMARTS) is 1. The summed E-state index contributed by atoms with van der Waals surface area (Å²) in [6.07, 6.45) is 1.24. The molecule has 1 aliphatic heterocycles. The van der Waals surface area contributed by atoms with Crippen molar-refractivity contribution in [2.45, 2.75) is 19.9 Å². The maximum absolute atomic E-state index is 11.3. The third-order valence-corrected chi connectivity index (χ3v) is 4.09. The lowest BCUT2D eigenvalue weighted by molar-refractivity contribution is 0.0694. The molecule has 0 radical (unpaired) electrons. The van der Waals surface area contributed by atoms with E-state index in [0.29, 0.717) is 11.5 Å². The SMILES string of the molecule is CCN(Cc1ccccc1C(=O)O)CC1CCN(C)C1. The molecule has 110 valence electrons. The molecule has 1 heterocycles. The fraction of sp³-hybridized carbons (Fsp3) is 0.562. The number of hydrogen-bond donors (Lipinski definition) is 1. The molecule has 1 fully saturated rings. The minimum absolute atomic E-state index is 0.425. The van der Waals surface area contributed by atoms with Crippen molar-refractivity contribution in [3.63, 3.8) is 0 Å². The molecule has 1 N–H and O–H groups in total. The van der Waals surface area contributed by atoms with E-state index in [1.165, 1.54) is 13.0 Å². The zero-order chi connectivity index (χ0) is 14.5. The molecule has 1 aliphatic rings. The van der Waals surface area contributed by atoms with Gasteiger partial charge in [0.15, 0.2) is 0 Å². The van der Waals surface area contributed by atoms with Crippen molar-refractivity contribution in [3.05, 3.63) is 35.4 Å². The van der Waals surface area contributed by atoms with E-state index in [0.717, 1.165) is 31.7 Å². The van der Waals surface area contributed by atoms with Crippen LogP contribution >= 0.6 is 0 Å². The normalized spacial score (nSPS) is 19.6. The Morgan fingerprint density at radius 2 is 2.20 bits per heavy atom. The van der Waals surface area contributed by atoms with Crippen molar-refractivity contribution in [2.24, 2.45) is 5.92 Å². The van der Waals surface area contributed by atoms with Crippen molar-refractivity contribution in [2.75, 3.05) is 33.2 Å². The molecule has 1 aromatic carbocycles. The number of carbonyl (C=O) groups is 1. The highest BCUT2D eigenvalue weighted by Crippen LogP contribution is 2.18. The average molecular weight is 276 g/mol. The van der Waals surface area contributed by atoms with E-state index in [4.69, 9.17) is 0 Å².